The first-order valence-electron chi connectivity index (χ1n) is 27.9. The van der Waals surface area contributed by atoms with E-state index in [2.05, 4.69) is 290 Å². The Balaban J connectivity index is 0.898. The normalized spacial score (nSPS) is 13.3. The van der Waals surface area contributed by atoms with Gasteiger partial charge in [-0.3, -0.25) is 0 Å². The van der Waals surface area contributed by atoms with Crippen molar-refractivity contribution in [2.75, 3.05) is 4.90 Å². The lowest BCUT2D eigenvalue weighted by atomic mass is 9.67. The molecule has 0 saturated heterocycles. The topological polar surface area (TPSA) is 17.4 Å². The molecule has 1 heterocycles. The first-order valence-corrected chi connectivity index (χ1v) is 27.9. The van der Waals surface area contributed by atoms with E-state index in [-0.39, 0.29) is 0 Å². The van der Waals surface area contributed by atoms with Crippen LogP contribution in [0.5, 0.6) is 11.5 Å². The van der Waals surface area contributed by atoms with E-state index in [0.29, 0.717) is 0 Å². The quantitative estimate of drug-likeness (QED) is 0.108. The number of rotatable bonds is 14. The number of hydrogen-bond donors (Lipinski definition) is 0. The van der Waals surface area contributed by atoms with Crippen LogP contribution in [0, 0.1) is 0 Å². The molecular formula is C79H56N2O. The Bertz CT molecular complexity index is 4520. The number of nitrogens with zero attached hydrogens (tertiary/aromatic N) is 2. The van der Waals surface area contributed by atoms with Gasteiger partial charge in [0.1, 0.15) is 11.5 Å². The fraction of sp³-hybridized carbons (Fsp3) is 0.0127. The van der Waals surface area contributed by atoms with Crippen molar-refractivity contribution < 1.29 is 4.74 Å². The van der Waals surface area contributed by atoms with Crippen LogP contribution in [0.4, 0.5) is 17.1 Å². The smallest absolute Gasteiger partial charge is 0.127 e. The van der Waals surface area contributed by atoms with Gasteiger partial charge in [0.2, 0.25) is 0 Å². The maximum absolute atomic E-state index is 6.43. The molecule has 3 heteroatoms. The van der Waals surface area contributed by atoms with Crippen LogP contribution >= 0.6 is 0 Å². The summed E-state index contributed by atoms with van der Waals surface area (Å²) in [5.74, 6) is 1.55. The van der Waals surface area contributed by atoms with Crippen LogP contribution in [0.3, 0.4) is 0 Å². The van der Waals surface area contributed by atoms with Gasteiger partial charge in [-0.2, -0.15) is 0 Å². The highest BCUT2D eigenvalue weighted by molar-refractivity contribution is 6.11. The van der Waals surface area contributed by atoms with Gasteiger partial charge in [-0.1, -0.05) is 226 Å². The highest BCUT2D eigenvalue weighted by atomic mass is 16.5. The van der Waals surface area contributed by atoms with E-state index in [1.165, 1.54) is 55.3 Å². The van der Waals surface area contributed by atoms with E-state index in [1.54, 1.807) is 0 Å². The second kappa shape index (κ2) is 20.8. The van der Waals surface area contributed by atoms with Crippen LogP contribution in [-0.2, 0) is 5.41 Å². The van der Waals surface area contributed by atoms with Gasteiger partial charge in [0.15, 0.2) is 0 Å². The third kappa shape index (κ3) is 8.64. The third-order valence-electron chi connectivity index (χ3n) is 16.5. The van der Waals surface area contributed by atoms with Crippen molar-refractivity contribution in [3.63, 3.8) is 0 Å². The minimum atomic E-state index is -0.645. The van der Waals surface area contributed by atoms with Crippen molar-refractivity contribution in [3.05, 3.63) is 344 Å². The Kier molecular flexibility index (Phi) is 12.6. The maximum Gasteiger partial charge on any atom is 0.127 e. The Morgan fingerprint density at radius 3 is 1.30 bits per heavy atom. The molecule has 3 nitrogen and oxygen atoms in total. The molecule has 0 N–H and O–H groups in total. The summed E-state index contributed by atoms with van der Waals surface area (Å²) in [6.07, 6.45) is 5.62. The number of fused-ring (bicyclic) bond motifs is 6. The van der Waals surface area contributed by atoms with E-state index in [9.17, 15) is 0 Å². The summed E-state index contributed by atoms with van der Waals surface area (Å²) in [7, 11) is 0. The number of ether oxygens (including phenoxy) is 1. The van der Waals surface area contributed by atoms with Crippen LogP contribution < -0.4 is 9.64 Å². The van der Waals surface area contributed by atoms with Crippen LogP contribution in [0.1, 0.15) is 38.9 Å². The summed E-state index contributed by atoms with van der Waals surface area (Å²) in [5, 5.41) is 2.39. The minimum Gasteiger partial charge on any atom is -0.457 e. The fourth-order valence-corrected chi connectivity index (χ4v) is 12.4. The lowest BCUT2D eigenvalue weighted by molar-refractivity contribution is 0.482. The van der Waals surface area contributed by atoms with Crippen LogP contribution in [0.15, 0.2) is 305 Å². The molecule has 14 rings (SSSR count). The average Bonchev–Trinajstić information content (AvgIpc) is 3.91. The predicted molar refractivity (Wildman–Crippen MR) is 346 cm³/mol. The molecule has 0 amide bonds. The predicted octanol–water partition coefficient (Wildman–Crippen LogP) is 21.3. The first-order chi connectivity index (χ1) is 40.5. The molecule has 12 aromatic carbocycles. The number of anilines is 3. The Labute approximate surface area is 479 Å². The largest absolute Gasteiger partial charge is 0.457 e. The summed E-state index contributed by atoms with van der Waals surface area (Å²) in [5.41, 5.74) is 23.4. The molecule has 0 fully saturated rings. The zero-order chi connectivity index (χ0) is 55.2. The molecule has 13 aromatic rings. The molecule has 0 spiro atoms. The van der Waals surface area contributed by atoms with Gasteiger partial charge in [-0.05, 0) is 181 Å². The van der Waals surface area contributed by atoms with Crippen LogP contribution in [0.2, 0.25) is 0 Å². The monoisotopic (exact) mass is 1050 g/mol. The summed E-state index contributed by atoms with van der Waals surface area (Å²) in [6.45, 7) is 11.9. The lowest BCUT2D eigenvalue weighted by Crippen LogP contribution is -2.28. The molecule has 1 aromatic heterocycles. The Hall–Kier alpha value is -10.7. The lowest BCUT2D eigenvalue weighted by Gasteiger charge is -2.35. The van der Waals surface area contributed by atoms with Crippen molar-refractivity contribution in [1.82, 2.24) is 4.57 Å². The molecule has 1 atom stereocenters. The molecule has 82 heavy (non-hydrogen) atoms. The van der Waals surface area contributed by atoms with E-state index < -0.39 is 5.41 Å². The Morgan fingerprint density at radius 2 is 0.744 bits per heavy atom. The highest BCUT2D eigenvalue weighted by Gasteiger charge is 2.46. The SMILES string of the molecule is C=Cc1ccc(Oc2ccc(C3(c4ccccc4)c4ccccc4-c4ccc(N(c5ccc(-c6ccccc6)cc5)c5ccc(-c6ccc7c(c6)c6cc(-c8ccc(C=C)cc8)ccc6n7-c6ccc(C=C)cc6)cc5)cc43)cc2)cc1. The Morgan fingerprint density at radius 1 is 0.329 bits per heavy atom. The van der Waals surface area contributed by atoms with Gasteiger partial charge in [0, 0.05) is 33.5 Å². The molecule has 0 radical (unpaired) electrons. The van der Waals surface area contributed by atoms with Gasteiger partial charge >= 0.3 is 0 Å². The van der Waals surface area contributed by atoms with Crippen LogP contribution in [0.25, 0.3) is 90.2 Å². The van der Waals surface area contributed by atoms with Gasteiger partial charge in [0.25, 0.3) is 0 Å². The number of benzene rings is 12. The molecule has 0 bridgehead atoms. The number of hydrogen-bond acceptors (Lipinski definition) is 2. The van der Waals surface area contributed by atoms with E-state index in [1.807, 2.05) is 42.5 Å². The highest BCUT2D eigenvalue weighted by Crippen LogP contribution is 2.57. The van der Waals surface area contributed by atoms with Crippen molar-refractivity contribution in [3.8, 4) is 61.7 Å². The zero-order valence-electron chi connectivity index (χ0n) is 45.3. The third-order valence-corrected chi connectivity index (χ3v) is 16.5. The summed E-state index contributed by atoms with van der Waals surface area (Å²) < 4.78 is 8.81. The van der Waals surface area contributed by atoms with Gasteiger partial charge in [0.05, 0.1) is 16.4 Å². The maximum atomic E-state index is 6.43. The molecule has 1 aliphatic rings. The fourth-order valence-electron chi connectivity index (χ4n) is 12.4. The van der Waals surface area contributed by atoms with Crippen molar-refractivity contribution >= 4 is 57.1 Å². The first kappa shape index (κ1) is 49.5. The van der Waals surface area contributed by atoms with Gasteiger partial charge < -0.3 is 14.2 Å². The van der Waals surface area contributed by atoms with E-state index in [4.69, 9.17) is 4.74 Å². The van der Waals surface area contributed by atoms with Gasteiger partial charge in [-0.25, -0.2) is 0 Å². The van der Waals surface area contributed by atoms with Crippen LogP contribution in [-0.4, -0.2) is 4.57 Å². The molecular weight excluding hydrogens is 993 g/mol. The summed E-state index contributed by atoms with van der Waals surface area (Å²) in [6, 6.07) is 103. The standard InChI is InChI=1S/C79H56N2O/c1-4-54-21-27-59(28-22-54)61-33-49-77-73(51-61)74-52-62(34-50-78(74)81(77)67-37-23-55(5-2)24-38-67)60-31-41-66(42-32-60)80(65-39-29-58(30-40-65)57-15-9-7-10-16-57)68-43-48-72-71-19-13-14-20-75(71)79(76(72)53-68,63-17-11-8-12-18-63)64-35-46-70(47-36-64)82-69-44-25-56(6-3)26-45-69/h4-53H,1-3H2. The molecule has 388 valence electrons. The van der Waals surface area contributed by atoms with Gasteiger partial charge in [-0.15, -0.1) is 0 Å². The van der Waals surface area contributed by atoms with E-state index >= 15 is 0 Å². The minimum absolute atomic E-state index is 0.645. The van der Waals surface area contributed by atoms with Crippen molar-refractivity contribution in [1.29, 1.82) is 0 Å². The molecule has 1 aliphatic carbocycles. The van der Waals surface area contributed by atoms with E-state index in [0.717, 1.165) is 84.2 Å². The summed E-state index contributed by atoms with van der Waals surface area (Å²) in [4.78, 5) is 2.41. The summed E-state index contributed by atoms with van der Waals surface area (Å²) >= 11 is 0. The second-order valence-electron chi connectivity index (χ2n) is 21.0. The second-order valence-corrected chi connectivity index (χ2v) is 21.0. The zero-order valence-corrected chi connectivity index (χ0v) is 45.3. The molecule has 1 unspecified atom stereocenters. The number of aromatic nitrogens is 1. The average molecular weight is 1050 g/mol. The molecule has 0 saturated carbocycles. The van der Waals surface area contributed by atoms with Crippen molar-refractivity contribution in [2.45, 2.75) is 5.41 Å². The van der Waals surface area contributed by atoms with Crippen molar-refractivity contribution in [2.24, 2.45) is 0 Å². The molecule has 0 aliphatic heterocycles.